The van der Waals surface area contributed by atoms with Crippen molar-refractivity contribution in [1.82, 2.24) is 10.2 Å². The van der Waals surface area contributed by atoms with E-state index >= 15 is 0 Å². The van der Waals surface area contributed by atoms with Gasteiger partial charge in [-0.05, 0) is 57.8 Å². The number of nitrogens with one attached hydrogen (secondary N) is 1. The van der Waals surface area contributed by atoms with E-state index in [1.54, 1.807) is 0 Å². The van der Waals surface area contributed by atoms with E-state index in [0.29, 0.717) is 12.1 Å². The summed E-state index contributed by atoms with van der Waals surface area (Å²) in [6.07, 6.45) is 3.81. The molecule has 1 saturated heterocycles. The van der Waals surface area contributed by atoms with Crippen LogP contribution in [0.15, 0.2) is 24.3 Å². The average molecular weight is 276 g/mol. The standard InChI is InChI=1S/C16H24N2S/c1-12-7-9-15(10-8-12)11-17-16(19)18-13(2)5-4-6-14(18)3/h7-10,13-14H,4-6,11H2,1-3H3,(H,17,19). The molecule has 0 aliphatic carbocycles. The van der Waals surface area contributed by atoms with Gasteiger partial charge >= 0.3 is 0 Å². The Kier molecular flexibility index (Phi) is 4.81. The summed E-state index contributed by atoms with van der Waals surface area (Å²) in [5.41, 5.74) is 2.58. The number of hydrogen-bond donors (Lipinski definition) is 1. The summed E-state index contributed by atoms with van der Waals surface area (Å²) in [6, 6.07) is 9.73. The largest absolute Gasteiger partial charge is 0.358 e. The summed E-state index contributed by atoms with van der Waals surface area (Å²) in [5.74, 6) is 0. The minimum absolute atomic E-state index is 0.557. The van der Waals surface area contributed by atoms with E-state index in [1.165, 1.54) is 30.4 Å². The average Bonchev–Trinajstić information content (AvgIpc) is 2.38. The summed E-state index contributed by atoms with van der Waals surface area (Å²) < 4.78 is 0. The Morgan fingerprint density at radius 2 is 1.79 bits per heavy atom. The Labute approximate surface area is 122 Å². The first-order valence-electron chi connectivity index (χ1n) is 7.19. The van der Waals surface area contributed by atoms with Crippen LogP contribution in [0.2, 0.25) is 0 Å². The van der Waals surface area contributed by atoms with Gasteiger partial charge in [0.1, 0.15) is 0 Å². The molecule has 19 heavy (non-hydrogen) atoms. The van der Waals surface area contributed by atoms with Gasteiger partial charge in [-0.3, -0.25) is 0 Å². The topological polar surface area (TPSA) is 15.3 Å². The zero-order chi connectivity index (χ0) is 13.8. The highest BCUT2D eigenvalue weighted by atomic mass is 32.1. The predicted octanol–water partition coefficient (Wildman–Crippen LogP) is 3.63. The first kappa shape index (κ1) is 14.3. The van der Waals surface area contributed by atoms with Gasteiger partial charge in [0.05, 0.1) is 0 Å². The van der Waals surface area contributed by atoms with Crippen molar-refractivity contribution in [3.8, 4) is 0 Å². The molecule has 2 atom stereocenters. The Morgan fingerprint density at radius 3 is 2.37 bits per heavy atom. The van der Waals surface area contributed by atoms with Gasteiger partial charge in [0.25, 0.3) is 0 Å². The zero-order valence-electron chi connectivity index (χ0n) is 12.1. The fraction of sp³-hybridized carbons (Fsp3) is 0.562. The first-order valence-corrected chi connectivity index (χ1v) is 7.60. The highest BCUT2D eigenvalue weighted by molar-refractivity contribution is 7.80. The molecule has 1 aromatic carbocycles. The molecule has 104 valence electrons. The maximum Gasteiger partial charge on any atom is 0.169 e. The molecule has 1 aliphatic heterocycles. The van der Waals surface area contributed by atoms with Gasteiger partial charge in [-0.15, -0.1) is 0 Å². The Hall–Kier alpha value is -1.09. The van der Waals surface area contributed by atoms with Crippen LogP contribution in [0, 0.1) is 6.92 Å². The molecule has 2 unspecified atom stereocenters. The monoisotopic (exact) mass is 276 g/mol. The van der Waals surface area contributed by atoms with Crippen molar-refractivity contribution in [2.75, 3.05) is 0 Å². The van der Waals surface area contributed by atoms with Gasteiger partial charge < -0.3 is 10.2 Å². The van der Waals surface area contributed by atoms with Gasteiger partial charge in [-0.2, -0.15) is 0 Å². The second-order valence-electron chi connectivity index (χ2n) is 5.68. The fourth-order valence-electron chi connectivity index (χ4n) is 2.80. The third-order valence-electron chi connectivity index (χ3n) is 3.99. The van der Waals surface area contributed by atoms with Gasteiger partial charge in [0, 0.05) is 18.6 Å². The number of piperidine rings is 1. The van der Waals surface area contributed by atoms with Crippen LogP contribution in [-0.4, -0.2) is 22.1 Å². The van der Waals surface area contributed by atoms with Gasteiger partial charge in [-0.1, -0.05) is 29.8 Å². The maximum atomic E-state index is 5.57. The van der Waals surface area contributed by atoms with Crippen LogP contribution < -0.4 is 5.32 Å². The highest BCUT2D eigenvalue weighted by Gasteiger charge is 2.26. The quantitative estimate of drug-likeness (QED) is 0.830. The lowest BCUT2D eigenvalue weighted by molar-refractivity contribution is 0.189. The molecule has 0 saturated carbocycles. The second kappa shape index (κ2) is 6.38. The number of benzene rings is 1. The molecule has 2 rings (SSSR count). The summed E-state index contributed by atoms with van der Waals surface area (Å²) in [5, 5.41) is 4.31. The Bertz CT molecular complexity index is 417. The predicted molar refractivity (Wildman–Crippen MR) is 85.2 cm³/mol. The van der Waals surface area contributed by atoms with Crippen LogP contribution in [0.5, 0.6) is 0 Å². The molecule has 0 bridgehead atoms. The van der Waals surface area contributed by atoms with Crippen LogP contribution in [0.3, 0.4) is 0 Å². The van der Waals surface area contributed by atoms with Crippen molar-refractivity contribution >= 4 is 17.3 Å². The van der Waals surface area contributed by atoms with Crippen LogP contribution in [0.25, 0.3) is 0 Å². The van der Waals surface area contributed by atoms with E-state index in [0.717, 1.165) is 11.7 Å². The molecule has 1 aliphatic rings. The lowest BCUT2D eigenvalue weighted by Gasteiger charge is -2.41. The third kappa shape index (κ3) is 3.69. The van der Waals surface area contributed by atoms with E-state index < -0.39 is 0 Å². The van der Waals surface area contributed by atoms with Crippen LogP contribution in [-0.2, 0) is 6.54 Å². The molecule has 3 heteroatoms. The molecular weight excluding hydrogens is 252 g/mol. The van der Waals surface area contributed by atoms with E-state index in [2.05, 4.69) is 55.3 Å². The van der Waals surface area contributed by atoms with E-state index in [4.69, 9.17) is 12.2 Å². The highest BCUT2D eigenvalue weighted by Crippen LogP contribution is 2.22. The SMILES string of the molecule is Cc1ccc(CNC(=S)N2C(C)CCCC2C)cc1. The number of hydrogen-bond acceptors (Lipinski definition) is 1. The Morgan fingerprint density at radius 1 is 1.21 bits per heavy atom. The Balaban J connectivity index is 1.91. The number of aryl methyl sites for hydroxylation is 1. The lowest BCUT2D eigenvalue weighted by atomic mass is 9.98. The van der Waals surface area contributed by atoms with Crippen molar-refractivity contribution in [2.45, 2.75) is 58.7 Å². The summed E-state index contributed by atoms with van der Waals surface area (Å²) in [7, 11) is 0. The summed E-state index contributed by atoms with van der Waals surface area (Å²) in [4.78, 5) is 2.37. The minimum atomic E-state index is 0.557. The number of rotatable bonds is 2. The summed E-state index contributed by atoms with van der Waals surface area (Å²) in [6.45, 7) is 7.47. The fourth-order valence-corrected chi connectivity index (χ4v) is 3.23. The molecule has 0 amide bonds. The van der Waals surface area contributed by atoms with Gasteiger partial charge in [0.2, 0.25) is 0 Å². The maximum absolute atomic E-state index is 5.57. The van der Waals surface area contributed by atoms with Crippen molar-refractivity contribution < 1.29 is 0 Å². The molecule has 1 N–H and O–H groups in total. The molecule has 2 nitrogen and oxygen atoms in total. The molecular formula is C16H24N2S. The van der Waals surface area contributed by atoms with Gasteiger partial charge in [-0.25, -0.2) is 0 Å². The zero-order valence-corrected chi connectivity index (χ0v) is 13.0. The number of thiocarbonyl (C=S) groups is 1. The first-order chi connectivity index (χ1) is 9.08. The van der Waals surface area contributed by atoms with E-state index in [1.807, 2.05) is 0 Å². The third-order valence-corrected chi connectivity index (χ3v) is 4.35. The van der Waals surface area contributed by atoms with Crippen molar-refractivity contribution in [3.05, 3.63) is 35.4 Å². The van der Waals surface area contributed by atoms with Crippen LogP contribution in [0.4, 0.5) is 0 Å². The van der Waals surface area contributed by atoms with Crippen molar-refractivity contribution in [3.63, 3.8) is 0 Å². The van der Waals surface area contributed by atoms with Crippen LogP contribution >= 0.6 is 12.2 Å². The lowest BCUT2D eigenvalue weighted by Crippen LogP contribution is -2.51. The molecule has 0 aromatic heterocycles. The smallest absolute Gasteiger partial charge is 0.169 e. The molecule has 0 radical (unpaired) electrons. The second-order valence-corrected chi connectivity index (χ2v) is 6.07. The molecule has 1 aromatic rings. The minimum Gasteiger partial charge on any atom is -0.358 e. The molecule has 1 heterocycles. The summed E-state index contributed by atoms with van der Waals surface area (Å²) >= 11 is 5.57. The molecule has 1 fully saturated rings. The van der Waals surface area contributed by atoms with E-state index in [9.17, 15) is 0 Å². The van der Waals surface area contributed by atoms with Gasteiger partial charge in [0.15, 0.2) is 5.11 Å². The number of likely N-dealkylation sites (tertiary alicyclic amines) is 1. The molecule has 0 spiro atoms. The normalized spacial score (nSPS) is 23.2. The van der Waals surface area contributed by atoms with Crippen LogP contribution in [0.1, 0.15) is 44.2 Å². The number of nitrogens with zero attached hydrogens (tertiary/aromatic N) is 1. The van der Waals surface area contributed by atoms with E-state index in [-0.39, 0.29) is 0 Å². The van der Waals surface area contributed by atoms with Crippen molar-refractivity contribution in [2.24, 2.45) is 0 Å². The van der Waals surface area contributed by atoms with Crippen molar-refractivity contribution in [1.29, 1.82) is 0 Å².